The van der Waals surface area contributed by atoms with E-state index in [4.69, 9.17) is 0 Å². The Kier molecular flexibility index (Phi) is 6.04. The van der Waals surface area contributed by atoms with Crippen molar-refractivity contribution in [1.29, 1.82) is 0 Å². The van der Waals surface area contributed by atoms with Gasteiger partial charge in [0.05, 0.1) is 6.10 Å². The summed E-state index contributed by atoms with van der Waals surface area (Å²) in [6.07, 6.45) is 14.5. The van der Waals surface area contributed by atoms with Crippen molar-refractivity contribution in [2.75, 3.05) is 0 Å². The molecule has 4 rings (SSSR count). The molecule has 0 amide bonds. The predicted octanol–water partition coefficient (Wildman–Crippen LogP) is 7.78. The van der Waals surface area contributed by atoms with E-state index in [-0.39, 0.29) is 6.10 Å². The minimum absolute atomic E-state index is 0.0333. The van der Waals surface area contributed by atoms with Gasteiger partial charge in [-0.3, -0.25) is 0 Å². The quantitative estimate of drug-likeness (QED) is 0.467. The molecule has 0 unspecified atom stereocenters. The van der Waals surface area contributed by atoms with E-state index in [1.165, 1.54) is 57.8 Å². The zero-order valence-electron chi connectivity index (χ0n) is 20.3. The maximum Gasteiger partial charge on any atom is 0.0543 e. The number of allylic oxidation sites excluding steroid dienone is 2. The lowest BCUT2D eigenvalue weighted by Crippen LogP contribution is -2.45. The first kappa shape index (κ1) is 21.9. The highest BCUT2D eigenvalue weighted by molar-refractivity contribution is 5.34. The predicted molar refractivity (Wildman–Crippen MR) is 124 cm³/mol. The third-order valence-corrected chi connectivity index (χ3v) is 10.9. The van der Waals surface area contributed by atoms with Crippen molar-refractivity contribution < 1.29 is 5.11 Å². The van der Waals surface area contributed by atoms with Gasteiger partial charge in [-0.15, -0.1) is 0 Å². The Morgan fingerprint density at radius 2 is 1.69 bits per heavy atom. The maximum absolute atomic E-state index is 10.3. The third-order valence-electron chi connectivity index (χ3n) is 10.9. The van der Waals surface area contributed by atoms with Crippen molar-refractivity contribution in [1.82, 2.24) is 0 Å². The Bertz CT molecular complexity index is 632. The Morgan fingerprint density at radius 3 is 2.41 bits per heavy atom. The lowest BCUT2D eigenvalue weighted by atomic mass is 9.50. The van der Waals surface area contributed by atoms with Crippen molar-refractivity contribution in [3.63, 3.8) is 0 Å². The number of hydrogen-bond donors (Lipinski definition) is 1. The maximum atomic E-state index is 10.3. The summed E-state index contributed by atoms with van der Waals surface area (Å²) in [5.74, 6) is 5.10. The fraction of sp³-hybridized carbons (Fsp3) is 0.929. The van der Waals surface area contributed by atoms with Crippen molar-refractivity contribution in [2.24, 2.45) is 46.3 Å². The number of aliphatic hydroxyl groups is 1. The van der Waals surface area contributed by atoms with Crippen LogP contribution in [0.2, 0.25) is 0 Å². The molecule has 166 valence electrons. The summed E-state index contributed by atoms with van der Waals surface area (Å²) in [4.78, 5) is 0. The van der Waals surface area contributed by atoms with Gasteiger partial charge in [0.1, 0.15) is 0 Å². The highest BCUT2D eigenvalue weighted by Crippen LogP contribution is 2.66. The van der Waals surface area contributed by atoms with Crippen LogP contribution in [0.1, 0.15) is 112 Å². The molecular formula is C28H48O. The van der Waals surface area contributed by atoms with E-state index in [2.05, 4.69) is 41.5 Å². The van der Waals surface area contributed by atoms with Crippen LogP contribution in [0.25, 0.3) is 0 Å². The van der Waals surface area contributed by atoms with E-state index in [1.54, 1.807) is 0 Å². The van der Waals surface area contributed by atoms with Gasteiger partial charge < -0.3 is 5.11 Å². The molecule has 0 spiro atoms. The van der Waals surface area contributed by atoms with Gasteiger partial charge in [-0.1, -0.05) is 65.5 Å². The SMILES string of the molecule is CC(C)[C@@H](C)CC[C@@H](C)[C@H]1CC[C@H]2C3=C(CC[C@]12C)[C@@]1(C)CC[C@H](O)C[C@@H]1CC3. The molecule has 0 aromatic carbocycles. The lowest BCUT2D eigenvalue weighted by molar-refractivity contribution is 0.0131. The van der Waals surface area contributed by atoms with E-state index in [9.17, 15) is 5.11 Å². The van der Waals surface area contributed by atoms with Crippen molar-refractivity contribution in [2.45, 2.75) is 118 Å². The molecule has 1 N–H and O–H groups in total. The van der Waals surface area contributed by atoms with Gasteiger partial charge in [0.25, 0.3) is 0 Å². The van der Waals surface area contributed by atoms with Gasteiger partial charge in [0.15, 0.2) is 0 Å². The summed E-state index contributed by atoms with van der Waals surface area (Å²) in [5.41, 5.74) is 4.75. The summed E-state index contributed by atoms with van der Waals surface area (Å²) >= 11 is 0. The lowest BCUT2D eigenvalue weighted by Gasteiger charge is -2.55. The fourth-order valence-electron chi connectivity index (χ4n) is 8.47. The molecule has 4 aliphatic carbocycles. The normalized spacial score (nSPS) is 44.3. The zero-order chi connectivity index (χ0) is 21.0. The number of hydrogen-bond acceptors (Lipinski definition) is 1. The second-order valence-electron chi connectivity index (χ2n) is 12.6. The van der Waals surface area contributed by atoms with Crippen molar-refractivity contribution in [3.8, 4) is 0 Å². The molecule has 4 aliphatic rings. The van der Waals surface area contributed by atoms with Gasteiger partial charge in [0.2, 0.25) is 0 Å². The summed E-state index contributed by atoms with van der Waals surface area (Å²) in [7, 11) is 0. The van der Waals surface area contributed by atoms with Crippen LogP contribution in [0.15, 0.2) is 11.1 Å². The molecule has 29 heavy (non-hydrogen) atoms. The first-order chi connectivity index (χ1) is 13.7. The summed E-state index contributed by atoms with van der Waals surface area (Å²) in [5, 5.41) is 10.3. The highest BCUT2D eigenvalue weighted by Gasteiger charge is 2.55. The number of rotatable bonds is 5. The molecule has 1 nitrogen and oxygen atoms in total. The van der Waals surface area contributed by atoms with E-state index in [1.807, 2.05) is 11.1 Å². The molecule has 2 fully saturated rings. The molecule has 0 radical (unpaired) electrons. The smallest absolute Gasteiger partial charge is 0.0543 e. The minimum Gasteiger partial charge on any atom is -0.393 e. The Morgan fingerprint density at radius 1 is 0.931 bits per heavy atom. The molecule has 8 atom stereocenters. The standard InChI is InChI=1S/C28H48O/c1-18(2)19(3)7-8-20(4)24-11-12-25-23-10-9-21-17-22(29)13-15-27(21,5)26(23)14-16-28(24,25)6/h18-22,24-25,29H,7-17H2,1-6H3/t19-,20+,21-,22-,24+,25-,27-,28+/m0/s1. The first-order valence-electron chi connectivity index (χ1n) is 13.1. The van der Waals surface area contributed by atoms with Crippen molar-refractivity contribution in [3.05, 3.63) is 11.1 Å². The average Bonchev–Trinajstić information content (AvgIpc) is 3.03. The Labute approximate surface area is 181 Å². The second-order valence-corrected chi connectivity index (χ2v) is 12.6. The van der Waals surface area contributed by atoms with Gasteiger partial charge in [-0.2, -0.15) is 0 Å². The molecule has 0 saturated heterocycles. The molecule has 0 aromatic rings. The Hall–Kier alpha value is -0.300. The van der Waals surface area contributed by atoms with Crippen LogP contribution in [0.3, 0.4) is 0 Å². The molecule has 0 heterocycles. The summed E-state index contributed by atoms with van der Waals surface area (Å²) in [6.45, 7) is 15.1. The third kappa shape index (κ3) is 3.66. The molecule has 2 saturated carbocycles. The second kappa shape index (κ2) is 7.99. The average molecular weight is 401 g/mol. The molecular weight excluding hydrogens is 352 g/mol. The number of aliphatic hydroxyl groups excluding tert-OH is 1. The first-order valence-corrected chi connectivity index (χ1v) is 13.1. The van der Waals surface area contributed by atoms with Crippen LogP contribution < -0.4 is 0 Å². The van der Waals surface area contributed by atoms with Crippen LogP contribution in [0, 0.1) is 46.3 Å². The van der Waals surface area contributed by atoms with Crippen LogP contribution in [0.5, 0.6) is 0 Å². The topological polar surface area (TPSA) is 20.2 Å². The van der Waals surface area contributed by atoms with Crippen LogP contribution in [-0.2, 0) is 0 Å². The molecule has 1 heteroatoms. The van der Waals surface area contributed by atoms with E-state index in [0.717, 1.165) is 48.3 Å². The van der Waals surface area contributed by atoms with Crippen LogP contribution in [-0.4, -0.2) is 11.2 Å². The summed E-state index contributed by atoms with van der Waals surface area (Å²) in [6, 6.07) is 0. The van der Waals surface area contributed by atoms with Crippen LogP contribution >= 0.6 is 0 Å². The van der Waals surface area contributed by atoms with Gasteiger partial charge in [-0.25, -0.2) is 0 Å². The molecule has 0 aromatic heterocycles. The highest BCUT2D eigenvalue weighted by atomic mass is 16.3. The van der Waals surface area contributed by atoms with Gasteiger partial charge in [0, 0.05) is 0 Å². The minimum atomic E-state index is -0.0333. The zero-order valence-corrected chi connectivity index (χ0v) is 20.3. The van der Waals surface area contributed by atoms with E-state index >= 15 is 0 Å². The van der Waals surface area contributed by atoms with Crippen LogP contribution in [0.4, 0.5) is 0 Å². The Balaban J connectivity index is 1.52. The fourth-order valence-corrected chi connectivity index (χ4v) is 8.47. The molecule has 0 bridgehead atoms. The van der Waals surface area contributed by atoms with Gasteiger partial charge >= 0.3 is 0 Å². The largest absolute Gasteiger partial charge is 0.393 e. The molecule has 0 aliphatic heterocycles. The summed E-state index contributed by atoms with van der Waals surface area (Å²) < 4.78 is 0. The number of fused-ring (bicyclic) bond motifs is 4. The van der Waals surface area contributed by atoms with E-state index < -0.39 is 0 Å². The van der Waals surface area contributed by atoms with E-state index in [0.29, 0.717) is 10.8 Å². The monoisotopic (exact) mass is 400 g/mol. The van der Waals surface area contributed by atoms with Crippen molar-refractivity contribution >= 4 is 0 Å². The van der Waals surface area contributed by atoms with Gasteiger partial charge in [-0.05, 0) is 104 Å².